The van der Waals surface area contributed by atoms with E-state index in [4.69, 9.17) is 23.2 Å². The van der Waals surface area contributed by atoms with Crippen LogP contribution in [0.2, 0.25) is 0 Å². The van der Waals surface area contributed by atoms with Crippen molar-refractivity contribution in [2.75, 3.05) is 42.8 Å². The second-order valence-electron chi connectivity index (χ2n) is 5.56. The van der Waals surface area contributed by atoms with Crippen molar-refractivity contribution in [1.82, 2.24) is 4.90 Å². The summed E-state index contributed by atoms with van der Waals surface area (Å²) in [5.41, 5.74) is 1.80. The zero-order chi connectivity index (χ0) is 17.1. The van der Waals surface area contributed by atoms with Crippen molar-refractivity contribution in [3.8, 4) is 0 Å². The molecule has 1 aromatic carbocycles. The highest BCUT2D eigenvalue weighted by atomic mass is 35.5. The van der Waals surface area contributed by atoms with Crippen molar-refractivity contribution in [3.63, 3.8) is 0 Å². The number of hydrogen-bond acceptors (Lipinski definition) is 2. The molecule has 0 atom stereocenters. The summed E-state index contributed by atoms with van der Waals surface area (Å²) < 4.78 is 0. The number of anilines is 1. The van der Waals surface area contributed by atoms with E-state index in [1.165, 1.54) is 0 Å². The Hall–Kier alpha value is -0.930. The van der Waals surface area contributed by atoms with Crippen LogP contribution in [-0.2, 0) is 0 Å². The predicted octanol–water partition coefficient (Wildman–Crippen LogP) is 4.62. The number of hydrogen-bond donors (Lipinski definition) is 0. The van der Waals surface area contributed by atoms with Gasteiger partial charge in [0.1, 0.15) is 0 Å². The van der Waals surface area contributed by atoms with Crippen molar-refractivity contribution in [1.29, 1.82) is 0 Å². The fourth-order valence-corrected chi connectivity index (χ4v) is 2.91. The van der Waals surface area contributed by atoms with Gasteiger partial charge in [0.2, 0.25) is 0 Å². The first-order chi connectivity index (χ1) is 11.2. The summed E-state index contributed by atoms with van der Waals surface area (Å²) in [6, 6.07) is 7.77. The van der Waals surface area contributed by atoms with Crippen LogP contribution in [0.25, 0.3) is 0 Å². The molecule has 0 fully saturated rings. The van der Waals surface area contributed by atoms with Gasteiger partial charge in [-0.1, -0.05) is 20.3 Å². The third-order valence-electron chi connectivity index (χ3n) is 3.75. The maximum atomic E-state index is 12.6. The van der Waals surface area contributed by atoms with E-state index in [0.717, 1.165) is 56.7 Å². The van der Waals surface area contributed by atoms with Crippen LogP contribution < -0.4 is 4.90 Å². The Morgan fingerprint density at radius 2 is 1.52 bits per heavy atom. The lowest BCUT2D eigenvalue weighted by Crippen LogP contribution is -2.32. The van der Waals surface area contributed by atoms with Crippen LogP contribution in [0.15, 0.2) is 24.3 Å². The van der Waals surface area contributed by atoms with Crippen molar-refractivity contribution < 1.29 is 4.79 Å². The van der Waals surface area contributed by atoms with Gasteiger partial charge < -0.3 is 9.80 Å². The van der Waals surface area contributed by atoms with Gasteiger partial charge in [-0.05, 0) is 37.1 Å². The molecule has 130 valence electrons. The smallest absolute Gasteiger partial charge is 0.253 e. The lowest BCUT2D eigenvalue weighted by atomic mass is 10.1. The molecule has 3 nitrogen and oxygen atoms in total. The molecule has 0 aromatic heterocycles. The number of benzene rings is 1. The molecule has 0 radical (unpaired) electrons. The number of carbonyl (C=O) groups excluding carboxylic acids is 1. The molecule has 0 heterocycles. The van der Waals surface area contributed by atoms with Gasteiger partial charge in [0, 0.05) is 49.2 Å². The van der Waals surface area contributed by atoms with Gasteiger partial charge in [-0.2, -0.15) is 0 Å². The van der Waals surface area contributed by atoms with Gasteiger partial charge in [-0.25, -0.2) is 0 Å². The Balaban J connectivity index is 2.81. The summed E-state index contributed by atoms with van der Waals surface area (Å²) in [5.74, 6) is 1.23. The second-order valence-corrected chi connectivity index (χ2v) is 6.31. The fraction of sp³-hybridized carbons (Fsp3) is 0.611. The Morgan fingerprint density at radius 1 is 0.913 bits per heavy atom. The Bertz CT molecular complexity index is 445. The Morgan fingerprint density at radius 3 is 2.00 bits per heavy atom. The first-order valence-corrected chi connectivity index (χ1v) is 9.51. The fourth-order valence-electron chi connectivity index (χ4n) is 2.51. The van der Waals surface area contributed by atoms with Gasteiger partial charge in [-0.3, -0.25) is 4.79 Å². The lowest BCUT2D eigenvalue weighted by Gasteiger charge is -2.24. The van der Waals surface area contributed by atoms with E-state index in [1.54, 1.807) is 0 Å². The number of halogens is 2. The van der Waals surface area contributed by atoms with Crippen LogP contribution in [0.5, 0.6) is 0 Å². The SMILES string of the molecule is CCCCN(CCC)C(=O)c1ccc(N(CCCl)CCCl)cc1. The Labute approximate surface area is 150 Å². The summed E-state index contributed by atoms with van der Waals surface area (Å²) in [4.78, 5) is 16.7. The van der Waals surface area contributed by atoms with Crippen molar-refractivity contribution in [2.24, 2.45) is 0 Å². The van der Waals surface area contributed by atoms with Gasteiger partial charge in [0.25, 0.3) is 5.91 Å². The largest absolute Gasteiger partial charge is 0.369 e. The van der Waals surface area contributed by atoms with Crippen LogP contribution in [0.3, 0.4) is 0 Å². The number of unbranched alkanes of at least 4 members (excludes halogenated alkanes) is 1. The summed E-state index contributed by atoms with van der Waals surface area (Å²) in [6.45, 7) is 7.39. The average Bonchev–Trinajstić information content (AvgIpc) is 2.58. The van der Waals surface area contributed by atoms with E-state index >= 15 is 0 Å². The minimum absolute atomic E-state index is 0.119. The zero-order valence-electron chi connectivity index (χ0n) is 14.2. The molecule has 1 amide bonds. The number of nitrogens with zero attached hydrogens (tertiary/aromatic N) is 2. The highest BCUT2D eigenvalue weighted by molar-refractivity contribution is 6.18. The van der Waals surface area contributed by atoms with E-state index < -0.39 is 0 Å². The van der Waals surface area contributed by atoms with Gasteiger partial charge >= 0.3 is 0 Å². The van der Waals surface area contributed by atoms with Crippen LogP contribution in [0, 0.1) is 0 Å². The van der Waals surface area contributed by atoms with E-state index in [0.29, 0.717) is 11.8 Å². The molecule has 0 aliphatic carbocycles. The van der Waals surface area contributed by atoms with E-state index in [1.807, 2.05) is 29.2 Å². The maximum absolute atomic E-state index is 12.6. The van der Waals surface area contributed by atoms with Gasteiger partial charge in [0.15, 0.2) is 0 Å². The summed E-state index contributed by atoms with van der Waals surface area (Å²) in [6.07, 6.45) is 3.12. The molecule has 23 heavy (non-hydrogen) atoms. The first-order valence-electron chi connectivity index (χ1n) is 8.44. The summed E-state index contributed by atoms with van der Waals surface area (Å²) in [7, 11) is 0. The minimum Gasteiger partial charge on any atom is -0.369 e. The normalized spacial score (nSPS) is 10.6. The molecule has 0 spiro atoms. The van der Waals surface area contributed by atoms with Crippen LogP contribution in [0.1, 0.15) is 43.5 Å². The van der Waals surface area contributed by atoms with Crippen molar-refractivity contribution in [3.05, 3.63) is 29.8 Å². The molecule has 0 saturated carbocycles. The third kappa shape index (κ3) is 6.60. The van der Waals surface area contributed by atoms with E-state index in [9.17, 15) is 4.79 Å². The molecule has 0 saturated heterocycles. The summed E-state index contributed by atoms with van der Waals surface area (Å²) in [5, 5.41) is 0. The molecule has 0 N–H and O–H groups in total. The monoisotopic (exact) mass is 358 g/mol. The minimum atomic E-state index is 0.119. The Kier molecular flexibility index (Phi) is 10.1. The number of rotatable bonds is 11. The molecule has 0 unspecified atom stereocenters. The van der Waals surface area contributed by atoms with Crippen LogP contribution >= 0.6 is 23.2 Å². The maximum Gasteiger partial charge on any atom is 0.253 e. The summed E-state index contributed by atoms with van der Waals surface area (Å²) >= 11 is 11.7. The first kappa shape index (κ1) is 20.1. The molecule has 1 rings (SSSR count). The van der Waals surface area contributed by atoms with Crippen LogP contribution in [-0.4, -0.2) is 48.7 Å². The molecule has 0 aliphatic heterocycles. The number of alkyl halides is 2. The topological polar surface area (TPSA) is 23.6 Å². The van der Waals surface area contributed by atoms with E-state index in [2.05, 4.69) is 18.7 Å². The van der Waals surface area contributed by atoms with Gasteiger partial charge in [-0.15, -0.1) is 23.2 Å². The van der Waals surface area contributed by atoms with Crippen molar-refractivity contribution in [2.45, 2.75) is 33.1 Å². The number of amides is 1. The zero-order valence-corrected chi connectivity index (χ0v) is 15.7. The second kappa shape index (κ2) is 11.6. The standard InChI is InChI=1S/C18H28Cl2N2O/c1-3-5-13-22(12-4-2)18(23)16-6-8-17(9-7-16)21(14-10-19)15-11-20/h6-9H,3-5,10-15H2,1-2H3. The quantitative estimate of drug-likeness (QED) is 0.538. The van der Waals surface area contributed by atoms with Gasteiger partial charge in [0.05, 0.1) is 0 Å². The molecular weight excluding hydrogens is 331 g/mol. The number of carbonyl (C=O) groups is 1. The lowest BCUT2D eigenvalue weighted by molar-refractivity contribution is 0.0753. The average molecular weight is 359 g/mol. The van der Waals surface area contributed by atoms with Crippen molar-refractivity contribution >= 4 is 34.8 Å². The molecule has 0 bridgehead atoms. The highest BCUT2D eigenvalue weighted by Gasteiger charge is 2.15. The van der Waals surface area contributed by atoms with Crippen LogP contribution in [0.4, 0.5) is 5.69 Å². The highest BCUT2D eigenvalue weighted by Crippen LogP contribution is 2.17. The van der Waals surface area contributed by atoms with E-state index in [-0.39, 0.29) is 5.91 Å². The molecule has 1 aromatic rings. The predicted molar refractivity (Wildman–Crippen MR) is 101 cm³/mol. The molecule has 5 heteroatoms. The molecule has 0 aliphatic rings. The molecular formula is C18H28Cl2N2O. The third-order valence-corrected chi connectivity index (χ3v) is 4.09.